The lowest BCUT2D eigenvalue weighted by molar-refractivity contribution is -0.137. The zero-order chi connectivity index (χ0) is 16.3. The fourth-order valence-corrected chi connectivity index (χ4v) is 2.46. The molecule has 2 nitrogen and oxygen atoms in total. The zero-order valence-corrected chi connectivity index (χ0v) is 14.6. The van der Waals surface area contributed by atoms with Gasteiger partial charge in [-0.05, 0) is 32.1 Å². The van der Waals surface area contributed by atoms with Gasteiger partial charge in [0.05, 0.1) is 0 Å². The Morgan fingerprint density at radius 1 is 0.727 bits per heavy atom. The van der Waals surface area contributed by atoms with Crippen molar-refractivity contribution in [2.45, 2.75) is 96.8 Å². The minimum absolute atomic E-state index is 0.327. The van der Waals surface area contributed by atoms with E-state index in [2.05, 4.69) is 31.2 Å². The average molecular weight is 309 g/mol. The van der Waals surface area contributed by atoms with Gasteiger partial charge in [0.2, 0.25) is 0 Å². The lowest BCUT2D eigenvalue weighted by atomic mass is 10.1. The molecule has 0 unspecified atom stereocenters. The molecule has 128 valence electrons. The maximum Gasteiger partial charge on any atom is 0.303 e. The molecule has 2 heteroatoms. The Morgan fingerprint density at radius 2 is 1.18 bits per heavy atom. The third kappa shape index (κ3) is 18.9. The maximum atomic E-state index is 10.3. The van der Waals surface area contributed by atoms with E-state index < -0.39 is 5.97 Å². The van der Waals surface area contributed by atoms with Crippen LogP contribution in [-0.2, 0) is 4.79 Å². The normalized spacial score (nSPS) is 11.7. The van der Waals surface area contributed by atoms with E-state index in [-0.39, 0.29) is 0 Å². The van der Waals surface area contributed by atoms with Crippen LogP contribution in [0, 0.1) is 0 Å². The van der Waals surface area contributed by atoms with Gasteiger partial charge in [-0.3, -0.25) is 4.79 Å². The Balaban J connectivity index is 3.18. The van der Waals surface area contributed by atoms with Crippen LogP contribution in [0.25, 0.3) is 0 Å². The number of allylic oxidation sites excluding steroid dienone is 4. The number of hydrogen-bond acceptors (Lipinski definition) is 1. The van der Waals surface area contributed by atoms with Crippen LogP contribution >= 0.6 is 0 Å². The van der Waals surface area contributed by atoms with E-state index in [0.29, 0.717) is 6.42 Å². The third-order valence-corrected chi connectivity index (χ3v) is 3.87. The molecule has 0 rings (SSSR count). The van der Waals surface area contributed by atoms with Crippen molar-refractivity contribution >= 4 is 5.97 Å². The topological polar surface area (TPSA) is 37.3 Å². The smallest absolute Gasteiger partial charge is 0.303 e. The molecule has 0 amide bonds. The highest BCUT2D eigenvalue weighted by Gasteiger charge is 1.96. The first-order chi connectivity index (χ1) is 10.8. The molecule has 0 spiro atoms. The Morgan fingerprint density at radius 3 is 1.68 bits per heavy atom. The highest BCUT2D eigenvalue weighted by molar-refractivity contribution is 5.66. The first kappa shape index (κ1) is 20.9. The summed E-state index contributed by atoms with van der Waals surface area (Å²) >= 11 is 0. The van der Waals surface area contributed by atoms with Gasteiger partial charge in [-0.2, -0.15) is 0 Å². The van der Waals surface area contributed by atoms with Gasteiger partial charge < -0.3 is 5.11 Å². The number of carboxylic acids is 1. The summed E-state index contributed by atoms with van der Waals surface area (Å²) in [6.45, 7) is 2.25. The highest BCUT2D eigenvalue weighted by atomic mass is 16.4. The fraction of sp³-hybridized carbons (Fsp3) is 0.750. The number of unbranched alkanes of at least 4 members (excludes halogenated alkanes) is 11. The van der Waals surface area contributed by atoms with Crippen LogP contribution in [0.5, 0.6) is 0 Å². The third-order valence-electron chi connectivity index (χ3n) is 3.87. The first-order valence-corrected chi connectivity index (χ1v) is 9.30. The molecular formula is C20H36O2. The summed E-state index contributed by atoms with van der Waals surface area (Å²) in [5.41, 5.74) is 0. The second kappa shape index (κ2) is 18.0. The lowest BCUT2D eigenvalue weighted by Gasteiger charge is -1.99. The Bertz CT molecular complexity index is 292. The average Bonchev–Trinajstić information content (AvgIpc) is 2.50. The van der Waals surface area contributed by atoms with Gasteiger partial charge in [0, 0.05) is 6.42 Å². The van der Waals surface area contributed by atoms with Crippen molar-refractivity contribution in [2.24, 2.45) is 0 Å². The van der Waals surface area contributed by atoms with Crippen LogP contribution < -0.4 is 0 Å². The van der Waals surface area contributed by atoms with E-state index in [1.807, 2.05) is 0 Å². The van der Waals surface area contributed by atoms with Crippen molar-refractivity contribution < 1.29 is 9.90 Å². The van der Waals surface area contributed by atoms with Gasteiger partial charge in [0.25, 0.3) is 0 Å². The van der Waals surface area contributed by atoms with Gasteiger partial charge in [-0.1, -0.05) is 82.6 Å². The summed E-state index contributed by atoms with van der Waals surface area (Å²) in [6.07, 6.45) is 25.2. The van der Waals surface area contributed by atoms with E-state index in [0.717, 1.165) is 19.3 Å². The predicted molar refractivity (Wildman–Crippen MR) is 96.2 cm³/mol. The number of aliphatic carboxylic acids is 1. The second-order valence-corrected chi connectivity index (χ2v) is 6.11. The Kier molecular flexibility index (Phi) is 17.1. The number of carbonyl (C=O) groups is 1. The van der Waals surface area contributed by atoms with Crippen LogP contribution in [0.15, 0.2) is 24.3 Å². The Labute approximate surface area is 137 Å². The predicted octanol–water partition coefficient (Wildman–Crippen LogP) is 6.66. The molecule has 22 heavy (non-hydrogen) atoms. The molecule has 0 aliphatic rings. The summed E-state index contributed by atoms with van der Waals surface area (Å²) in [5, 5.41) is 8.53. The van der Waals surface area contributed by atoms with Crippen LogP contribution in [0.1, 0.15) is 96.8 Å². The summed E-state index contributed by atoms with van der Waals surface area (Å²) < 4.78 is 0. The minimum Gasteiger partial charge on any atom is -0.481 e. The van der Waals surface area contributed by atoms with Crippen LogP contribution in [0.4, 0.5) is 0 Å². The Hall–Kier alpha value is -1.05. The molecule has 0 fully saturated rings. The molecule has 0 aromatic heterocycles. The van der Waals surface area contributed by atoms with Crippen molar-refractivity contribution in [3.63, 3.8) is 0 Å². The molecular weight excluding hydrogens is 272 g/mol. The zero-order valence-electron chi connectivity index (χ0n) is 14.6. The number of hydrogen-bond donors (Lipinski definition) is 1. The molecule has 0 heterocycles. The molecule has 0 aliphatic heterocycles. The van der Waals surface area contributed by atoms with Crippen molar-refractivity contribution in [2.75, 3.05) is 0 Å². The SMILES string of the molecule is CCCCCCCC=CC=CCCCCCCCCC(=O)O. The lowest BCUT2D eigenvalue weighted by Crippen LogP contribution is -1.93. The summed E-state index contributed by atoms with van der Waals surface area (Å²) in [7, 11) is 0. The van der Waals surface area contributed by atoms with Crippen LogP contribution in [0.2, 0.25) is 0 Å². The summed E-state index contributed by atoms with van der Waals surface area (Å²) in [5.74, 6) is -0.667. The van der Waals surface area contributed by atoms with E-state index in [9.17, 15) is 4.79 Å². The molecule has 0 atom stereocenters. The highest BCUT2D eigenvalue weighted by Crippen LogP contribution is 2.09. The molecule has 0 saturated carbocycles. The van der Waals surface area contributed by atoms with E-state index in [1.165, 1.54) is 64.2 Å². The molecule has 0 saturated heterocycles. The number of carboxylic acid groups (broad SMARTS) is 1. The first-order valence-electron chi connectivity index (χ1n) is 9.30. The quantitative estimate of drug-likeness (QED) is 0.255. The number of rotatable bonds is 16. The molecule has 0 aliphatic carbocycles. The minimum atomic E-state index is -0.667. The van der Waals surface area contributed by atoms with Gasteiger partial charge in [-0.15, -0.1) is 0 Å². The second-order valence-electron chi connectivity index (χ2n) is 6.11. The largest absolute Gasteiger partial charge is 0.481 e. The summed E-state index contributed by atoms with van der Waals surface area (Å²) in [6, 6.07) is 0. The van der Waals surface area contributed by atoms with E-state index in [1.54, 1.807) is 0 Å². The standard InChI is InChI=1S/C20H36O2/c1-2-3-4-5-6-7-8-9-10-11-12-13-14-15-16-17-18-19-20(21)22/h8-11H,2-7,12-19H2,1H3,(H,21,22). The van der Waals surface area contributed by atoms with Crippen LogP contribution in [0.3, 0.4) is 0 Å². The molecule has 0 aromatic rings. The van der Waals surface area contributed by atoms with Gasteiger partial charge in [0.1, 0.15) is 0 Å². The maximum absolute atomic E-state index is 10.3. The van der Waals surface area contributed by atoms with E-state index >= 15 is 0 Å². The van der Waals surface area contributed by atoms with Gasteiger partial charge >= 0.3 is 5.97 Å². The van der Waals surface area contributed by atoms with Crippen LogP contribution in [-0.4, -0.2) is 11.1 Å². The van der Waals surface area contributed by atoms with Gasteiger partial charge in [0.15, 0.2) is 0 Å². The molecule has 0 bridgehead atoms. The van der Waals surface area contributed by atoms with Crippen molar-refractivity contribution in [1.29, 1.82) is 0 Å². The molecule has 0 radical (unpaired) electrons. The summed E-state index contributed by atoms with van der Waals surface area (Å²) in [4.78, 5) is 10.3. The van der Waals surface area contributed by atoms with Gasteiger partial charge in [-0.25, -0.2) is 0 Å². The molecule has 0 aromatic carbocycles. The van der Waals surface area contributed by atoms with E-state index in [4.69, 9.17) is 5.11 Å². The van der Waals surface area contributed by atoms with Crippen molar-refractivity contribution in [1.82, 2.24) is 0 Å². The molecule has 1 N–H and O–H groups in total. The fourth-order valence-electron chi connectivity index (χ4n) is 2.46. The van der Waals surface area contributed by atoms with Crippen molar-refractivity contribution in [3.8, 4) is 0 Å². The van der Waals surface area contributed by atoms with Crippen molar-refractivity contribution in [3.05, 3.63) is 24.3 Å². The monoisotopic (exact) mass is 308 g/mol.